The van der Waals surface area contributed by atoms with E-state index in [2.05, 4.69) is 0 Å². The summed E-state index contributed by atoms with van der Waals surface area (Å²) >= 11 is 0. The number of carbonyl (C=O) groups excluding carboxylic acids is 1. The Hall–Kier alpha value is -4.65. The number of furan rings is 1. The summed E-state index contributed by atoms with van der Waals surface area (Å²) in [6, 6.07) is 17.8. The molecule has 3 heterocycles. The molecular formula is C29H21NO6. The number of benzene rings is 2. The Morgan fingerprint density at radius 2 is 1.94 bits per heavy atom. The lowest BCUT2D eigenvalue weighted by molar-refractivity contribution is 0.0475. The van der Waals surface area contributed by atoms with Crippen LogP contribution in [0.1, 0.15) is 39.4 Å². The summed E-state index contributed by atoms with van der Waals surface area (Å²) in [6.45, 7) is -0.0756. The van der Waals surface area contributed by atoms with Crippen LogP contribution >= 0.6 is 0 Å². The van der Waals surface area contributed by atoms with Gasteiger partial charge in [-0.2, -0.15) is 0 Å². The first-order valence-corrected chi connectivity index (χ1v) is 11.5. The predicted molar refractivity (Wildman–Crippen MR) is 135 cm³/mol. The molecule has 0 saturated heterocycles. The molecule has 7 nitrogen and oxygen atoms in total. The molecular weight excluding hydrogens is 458 g/mol. The van der Waals surface area contributed by atoms with Gasteiger partial charge in [0.1, 0.15) is 23.7 Å². The molecule has 178 valence electrons. The zero-order chi connectivity index (χ0) is 24.6. The molecule has 7 heteroatoms. The molecule has 0 amide bonds. The summed E-state index contributed by atoms with van der Waals surface area (Å²) in [7, 11) is 1.54. The van der Waals surface area contributed by atoms with Gasteiger partial charge in [0.05, 0.1) is 30.1 Å². The molecule has 0 bridgehead atoms. The summed E-state index contributed by atoms with van der Waals surface area (Å²) < 4.78 is 21.8. The van der Waals surface area contributed by atoms with Gasteiger partial charge < -0.3 is 18.3 Å². The lowest BCUT2D eigenvalue weighted by Gasteiger charge is -2.13. The third-order valence-electron chi connectivity index (χ3n) is 6.40. The largest absolute Gasteiger partial charge is 0.497 e. The van der Waals surface area contributed by atoms with Gasteiger partial charge >= 0.3 is 11.6 Å². The molecule has 1 aliphatic carbocycles. The number of methoxy groups -OCH3 is 1. The minimum atomic E-state index is -0.523. The van der Waals surface area contributed by atoms with Crippen LogP contribution < -0.4 is 10.4 Å². The number of hydrogen-bond donors (Lipinski definition) is 0. The number of carbonyl (C=O) groups is 1. The molecule has 0 saturated carbocycles. The summed E-state index contributed by atoms with van der Waals surface area (Å²) in [4.78, 5) is 30.5. The quantitative estimate of drug-likeness (QED) is 0.233. The molecule has 0 N–H and O–H groups in total. The number of para-hydroxylation sites is 1. The van der Waals surface area contributed by atoms with Crippen LogP contribution in [-0.4, -0.2) is 18.1 Å². The van der Waals surface area contributed by atoms with Crippen molar-refractivity contribution in [1.82, 2.24) is 4.98 Å². The van der Waals surface area contributed by atoms with Gasteiger partial charge in [0, 0.05) is 28.5 Å². The van der Waals surface area contributed by atoms with Crippen molar-refractivity contribution in [2.45, 2.75) is 19.4 Å². The maximum Gasteiger partial charge on any atom is 0.339 e. The monoisotopic (exact) mass is 479 g/mol. The number of allylic oxidation sites excluding steroid dienone is 1. The Labute approximate surface area is 205 Å². The Bertz CT molecular complexity index is 1710. The van der Waals surface area contributed by atoms with Crippen LogP contribution in [0.25, 0.3) is 33.5 Å². The lowest BCUT2D eigenvalue weighted by atomic mass is 10.0. The Kier molecular flexibility index (Phi) is 5.37. The Balaban J connectivity index is 1.39. The topological polar surface area (TPSA) is 91.8 Å². The number of esters is 1. The van der Waals surface area contributed by atoms with Crippen molar-refractivity contribution in [2.75, 3.05) is 7.11 Å². The van der Waals surface area contributed by atoms with Crippen molar-refractivity contribution in [1.29, 1.82) is 0 Å². The minimum absolute atomic E-state index is 0.0756. The van der Waals surface area contributed by atoms with Gasteiger partial charge in [-0.25, -0.2) is 14.6 Å². The van der Waals surface area contributed by atoms with Crippen LogP contribution in [0.4, 0.5) is 0 Å². The van der Waals surface area contributed by atoms with Crippen LogP contribution in [0.15, 0.2) is 80.6 Å². The van der Waals surface area contributed by atoms with Gasteiger partial charge in [-0.05, 0) is 60.4 Å². The van der Waals surface area contributed by atoms with Crippen LogP contribution in [0, 0.1) is 0 Å². The van der Waals surface area contributed by atoms with Crippen molar-refractivity contribution < 1.29 is 23.1 Å². The van der Waals surface area contributed by atoms with Crippen LogP contribution in [-0.2, 0) is 17.8 Å². The fourth-order valence-corrected chi connectivity index (χ4v) is 4.73. The number of ether oxygens (including phenoxy) is 2. The minimum Gasteiger partial charge on any atom is -0.497 e. The summed E-state index contributed by atoms with van der Waals surface area (Å²) in [5, 5.41) is 1.42. The second-order valence-electron chi connectivity index (χ2n) is 8.55. The molecule has 0 unspecified atom stereocenters. The molecule has 2 aromatic carbocycles. The highest BCUT2D eigenvalue weighted by molar-refractivity contribution is 6.07. The second-order valence-corrected chi connectivity index (χ2v) is 8.55. The first kappa shape index (κ1) is 21.9. The van der Waals surface area contributed by atoms with Crippen molar-refractivity contribution in [2.24, 2.45) is 0 Å². The fourth-order valence-electron chi connectivity index (χ4n) is 4.73. The summed E-state index contributed by atoms with van der Waals surface area (Å²) in [5.74, 6) is 0.847. The lowest BCUT2D eigenvalue weighted by Crippen LogP contribution is -2.11. The summed E-state index contributed by atoms with van der Waals surface area (Å²) in [5.41, 5.74) is 4.29. The van der Waals surface area contributed by atoms with Gasteiger partial charge in [0.25, 0.3) is 0 Å². The molecule has 0 aliphatic heterocycles. The normalized spacial score (nSPS) is 13.9. The Morgan fingerprint density at radius 3 is 2.78 bits per heavy atom. The third-order valence-corrected chi connectivity index (χ3v) is 6.40. The van der Waals surface area contributed by atoms with E-state index in [9.17, 15) is 9.59 Å². The first-order valence-electron chi connectivity index (χ1n) is 11.5. The van der Waals surface area contributed by atoms with Gasteiger partial charge in [0.2, 0.25) is 0 Å². The standard InChI is InChI=1S/C29H21NO6/c1-33-19-9-11-21-18(14-26(31)36-25(21)15-19)16-35-29(32)27-22-6-2-3-7-24(22)30-28-17(8-10-23(27)28)13-20-5-4-12-34-20/h2-7,9,11-15H,8,10,16H2,1H3/b17-13+. The molecule has 3 aromatic heterocycles. The van der Waals surface area contributed by atoms with E-state index in [0.29, 0.717) is 39.8 Å². The average Bonchev–Trinajstić information content (AvgIpc) is 3.55. The highest BCUT2D eigenvalue weighted by Crippen LogP contribution is 2.38. The number of aromatic nitrogens is 1. The highest BCUT2D eigenvalue weighted by atomic mass is 16.5. The zero-order valence-electron chi connectivity index (χ0n) is 19.4. The number of rotatable bonds is 5. The van der Waals surface area contributed by atoms with E-state index in [1.807, 2.05) is 42.5 Å². The molecule has 36 heavy (non-hydrogen) atoms. The smallest absolute Gasteiger partial charge is 0.339 e. The van der Waals surface area contributed by atoms with E-state index in [-0.39, 0.29) is 6.61 Å². The van der Waals surface area contributed by atoms with Crippen LogP contribution in [0.3, 0.4) is 0 Å². The van der Waals surface area contributed by atoms with Crippen LogP contribution in [0.2, 0.25) is 0 Å². The Morgan fingerprint density at radius 1 is 1.06 bits per heavy atom. The van der Waals surface area contributed by atoms with E-state index in [1.54, 1.807) is 24.5 Å². The molecule has 0 atom stereocenters. The first-order chi connectivity index (χ1) is 17.6. The summed E-state index contributed by atoms with van der Waals surface area (Å²) in [6.07, 6.45) is 5.00. The SMILES string of the molecule is COc1ccc2c(COC(=O)c3c4c(nc5ccccc35)/C(=C/c3ccco3)CC4)cc(=O)oc2c1. The molecule has 0 fully saturated rings. The number of hydrogen-bond acceptors (Lipinski definition) is 7. The van der Waals surface area contributed by atoms with Crippen molar-refractivity contribution in [3.05, 3.63) is 105 Å². The number of nitrogens with zero attached hydrogens (tertiary/aromatic N) is 1. The van der Waals surface area contributed by atoms with Crippen molar-refractivity contribution in [3.63, 3.8) is 0 Å². The van der Waals surface area contributed by atoms with Crippen molar-refractivity contribution >= 4 is 39.5 Å². The highest BCUT2D eigenvalue weighted by Gasteiger charge is 2.28. The zero-order valence-corrected chi connectivity index (χ0v) is 19.4. The maximum absolute atomic E-state index is 13.5. The number of pyridine rings is 1. The fraction of sp³-hybridized carbons (Fsp3) is 0.138. The molecule has 0 radical (unpaired) electrons. The predicted octanol–water partition coefficient (Wildman–Crippen LogP) is 5.79. The second kappa shape index (κ2) is 8.85. The van der Waals surface area contributed by atoms with Gasteiger partial charge in [-0.15, -0.1) is 0 Å². The van der Waals surface area contributed by atoms with Gasteiger partial charge in [-0.1, -0.05) is 18.2 Å². The van der Waals surface area contributed by atoms with E-state index < -0.39 is 11.6 Å². The van der Waals surface area contributed by atoms with Crippen molar-refractivity contribution in [3.8, 4) is 5.75 Å². The maximum atomic E-state index is 13.5. The average molecular weight is 479 g/mol. The van der Waals surface area contributed by atoms with E-state index in [4.69, 9.17) is 23.3 Å². The number of fused-ring (bicyclic) bond motifs is 3. The van der Waals surface area contributed by atoms with Gasteiger partial charge in [0.15, 0.2) is 0 Å². The molecule has 5 aromatic rings. The molecule has 6 rings (SSSR count). The van der Waals surface area contributed by atoms with Crippen LogP contribution in [0.5, 0.6) is 5.75 Å². The molecule has 1 aliphatic rings. The van der Waals surface area contributed by atoms with E-state index in [0.717, 1.165) is 34.4 Å². The van der Waals surface area contributed by atoms with E-state index in [1.165, 1.54) is 13.2 Å². The third kappa shape index (κ3) is 3.84. The van der Waals surface area contributed by atoms with Gasteiger partial charge in [-0.3, -0.25) is 0 Å². The van der Waals surface area contributed by atoms with E-state index >= 15 is 0 Å². The molecule has 0 spiro atoms.